The van der Waals surface area contributed by atoms with Crippen LogP contribution in [0.25, 0.3) is 71.6 Å². The van der Waals surface area contributed by atoms with Gasteiger partial charge in [-0.25, -0.2) is 0 Å². The normalized spacial score (nSPS) is 12.9. The van der Waals surface area contributed by atoms with Crippen molar-refractivity contribution in [2.24, 2.45) is 0 Å². The maximum absolute atomic E-state index is 2.52. The van der Waals surface area contributed by atoms with E-state index in [-0.39, 0.29) is 5.41 Å². The van der Waals surface area contributed by atoms with E-state index in [0.29, 0.717) is 0 Å². The lowest BCUT2D eigenvalue weighted by Gasteiger charge is -2.32. The van der Waals surface area contributed by atoms with Crippen LogP contribution in [0.15, 0.2) is 206 Å². The molecule has 1 aromatic heterocycles. The Labute approximate surface area is 333 Å². The minimum atomic E-state index is -0.158. The molecule has 0 atom stereocenters. The molecule has 0 spiro atoms. The summed E-state index contributed by atoms with van der Waals surface area (Å²) in [5.74, 6) is 0. The Hall–Kier alpha value is -7.16. The van der Waals surface area contributed by atoms with Gasteiger partial charge in [0.05, 0.1) is 28.1 Å². The molecule has 0 saturated heterocycles. The van der Waals surface area contributed by atoms with E-state index in [9.17, 15) is 0 Å². The van der Waals surface area contributed by atoms with E-state index in [1.807, 2.05) is 0 Å². The third kappa shape index (κ3) is 5.25. The smallest absolute Gasteiger partial charge is 0.0702 e. The summed E-state index contributed by atoms with van der Waals surface area (Å²) in [7, 11) is 0. The largest absolute Gasteiger partial charge is 0.308 e. The van der Waals surface area contributed by atoms with Crippen LogP contribution in [0.1, 0.15) is 25.0 Å². The number of fused-ring (bicyclic) bond motifs is 7. The molecule has 57 heavy (non-hydrogen) atoms. The lowest BCUT2D eigenvalue weighted by molar-refractivity contribution is 0.660. The van der Waals surface area contributed by atoms with Gasteiger partial charge in [-0.1, -0.05) is 172 Å². The molecule has 0 saturated carbocycles. The first kappa shape index (κ1) is 33.2. The fourth-order valence-corrected chi connectivity index (χ4v) is 9.39. The summed E-state index contributed by atoms with van der Waals surface area (Å²) in [4.78, 5) is 2.52. The number of anilines is 3. The number of aromatic nitrogens is 1. The van der Waals surface area contributed by atoms with Crippen molar-refractivity contribution in [1.82, 2.24) is 4.57 Å². The third-order valence-electron chi connectivity index (χ3n) is 12.2. The number of hydrogen-bond acceptors (Lipinski definition) is 1. The van der Waals surface area contributed by atoms with Crippen LogP contribution in [0.5, 0.6) is 0 Å². The topological polar surface area (TPSA) is 8.17 Å². The Morgan fingerprint density at radius 1 is 0.386 bits per heavy atom. The van der Waals surface area contributed by atoms with Gasteiger partial charge in [0, 0.05) is 27.4 Å². The van der Waals surface area contributed by atoms with Crippen molar-refractivity contribution in [1.29, 1.82) is 0 Å². The standard InChI is InChI=1S/C55H40N2/c1-55(2)48-23-11-8-20-44(48)45-33-31-42(36-49(45)55)56(52-26-14-15-27-53(52)57-50-24-12-9-21-46(50)47-22-10-13-25-51(47)57)54-35-41(30-32-43(54)38-17-4-3-5-18-38)40-29-28-37-16-6-7-19-39(37)34-40/h3-36H,1-2H3. The highest BCUT2D eigenvalue weighted by Crippen LogP contribution is 2.52. The number of rotatable bonds is 6. The number of para-hydroxylation sites is 4. The first-order chi connectivity index (χ1) is 28.0. The van der Waals surface area contributed by atoms with Crippen molar-refractivity contribution >= 4 is 49.6 Å². The second-order valence-corrected chi connectivity index (χ2v) is 15.8. The Bertz CT molecular complexity index is 3110. The zero-order valence-electron chi connectivity index (χ0n) is 32.0. The van der Waals surface area contributed by atoms with Crippen LogP contribution in [-0.4, -0.2) is 4.57 Å². The van der Waals surface area contributed by atoms with Gasteiger partial charge in [0.15, 0.2) is 0 Å². The molecule has 2 heteroatoms. The molecule has 1 aliphatic rings. The van der Waals surface area contributed by atoms with Gasteiger partial charge in [0.2, 0.25) is 0 Å². The lowest BCUT2D eigenvalue weighted by atomic mass is 9.82. The summed E-state index contributed by atoms with van der Waals surface area (Å²) < 4.78 is 2.45. The summed E-state index contributed by atoms with van der Waals surface area (Å²) in [5, 5.41) is 4.97. The van der Waals surface area contributed by atoms with Gasteiger partial charge in [-0.2, -0.15) is 0 Å². The highest BCUT2D eigenvalue weighted by molar-refractivity contribution is 6.10. The minimum absolute atomic E-state index is 0.158. The maximum Gasteiger partial charge on any atom is 0.0702 e. The van der Waals surface area contributed by atoms with Gasteiger partial charge in [-0.05, 0) is 98.2 Å². The molecule has 0 bridgehead atoms. The van der Waals surface area contributed by atoms with E-state index in [1.54, 1.807) is 0 Å². The maximum atomic E-state index is 2.52. The summed E-state index contributed by atoms with van der Waals surface area (Å²) in [6.45, 7) is 4.74. The van der Waals surface area contributed by atoms with Gasteiger partial charge in [0.25, 0.3) is 0 Å². The van der Waals surface area contributed by atoms with E-state index < -0.39 is 0 Å². The van der Waals surface area contributed by atoms with Crippen LogP contribution in [-0.2, 0) is 5.41 Å². The summed E-state index contributed by atoms with van der Waals surface area (Å²) in [6, 6.07) is 75.9. The van der Waals surface area contributed by atoms with E-state index >= 15 is 0 Å². The molecule has 0 radical (unpaired) electrons. The average Bonchev–Trinajstić information content (AvgIpc) is 3.72. The van der Waals surface area contributed by atoms with Crippen molar-refractivity contribution in [3.8, 4) is 39.1 Å². The molecule has 11 rings (SSSR count). The van der Waals surface area contributed by atoms with E-state index in [2.05, 4.69) is 230 Å². The lowest BCUT2D eigenvalue weighted by Crippen LogP contribution is -2.17. The molecular weight excluding hydrogens is 689 g/mol. The highest BCUT2D eigenvalue weighted by Gasteiger charge is 2.36. The van der Waals surface area contributed by atoms with Gasteiger partial charge >= 0.3 is 0 Å². The van der Waals surface area contributed by atoms with Crippen molar-refractivity contribution in [3.05, 3.63) is 217 Å². The highest BCUT2D eigenvalue weighted by atomic mass is 15.2. The second-order valence-electron chi connectivity index (χ2n) is 15.8. The van der Waals surface area contributed by atoms with Crippen LogP contribution in [0.4, 0.5) is 17.1 Å². The Balaban J connectivity index is 1.22. The van der Waals surface area contributed by atoms with Crippen LogP contribution >= 0.6 is 0 Å². The summed E-state index contributed by atoms with van der Waals surface area (Å²) in [5.41, 5.74) is 16.7. The van der Waals surface area contributed by atoms with Crippen molar-refractivity contribution in [2.75, 3.05) is 4.90 Å². The Morgan fingerprint density at radius 3 is 1.79 bits per heavy atom. The van der Waals surface area contributed by atoms with E-state index in [4.69, 9.17) is 0 Å². The monoisotopic (exact) mass is 728 g/mol. The molecule has 270 valence electrons. The number of nitrogens with zero attached hydrogens (tertiary/aromatic N) is 2. The number of hydrogen-bond donors (Lipinski definition) is 0. The summed E-state index contributed by atoms with van der Waals surface area (Å²) in [6.07, 6.45) is 0. The van der Waals surface area contributed by atoms with Crippen molar-refractivity contribution in [2.45, 2.75) is 19.3 Å². The van der Waals surface area contributed by atoms with Gasteiger partial charge < -0.3 is 9.47 Å². The molecule has 1 heterocycles. The molecule has 0 fully saturated rings. The third-order valence-corrected chi connectivity index (χ3v) is 12.2. The molecule has 0 amide bonds. The van der Waals surface area contributed by atoms with E-state index in [1.165, 1.54) is 77.1 Å². The molecule has 10 aromatic rings. The Morgan fingerprint density at radius 2 is 0.982 bits per heavy atom. The van der Waals surface area contributed by atoms with Crippen LogP contribution in [0.3, 0.4) is 0 Å². The quantitative estimate of drug-likeness (QED) is 0.165. The van der Waals surface area contributed by atoms with Crippen LogP contribution < -0.4 is 4.90 Å². The van der Waals surface area contributed by atoms with Gasteiger partial charge in [-0.3, -0.25) is 0 Å². The van der Waals surface area contributed by atoms with E-state index in [0.717, 1.165) is 22.7 Å². The summed E-state index contributed by atoms with van der Waals surface area (Å²) >= 11 is 0. The molecule has 2 nitrogen and oxygen atoms in total. The molecule has 0 N–H and O–H groups in total. The number of benzene rings is 9. The first-order valence-corrected chi connectivity index (χ1v) is 19.9. The predicted octanol–water partition coefficient (Wildman–Crippen LogP) is 15.0. The average molecular weight is 729 g/mol. The molecule has 0 aliphatic heterocycles. The zero-order valence-corrected chi connectivity index (χ0v) is 32.0. The molecule has 9 aromatic carbocycles. The fraction of sp³-hybridized carbons (Fsp3) is 0.0545. The van der Waals surface area contributed by atoms with Gasteiger partial charge in [-0.15, -0.1) is 0 Å². The molecule has 1 aliphatic carbocycles. The van der Waals surface area contributed by atoms with Crippen molar-refractivity contribution in [3.63, 3.8) is 0 Å². The fourth-order valence-electron chi connectivity index (χ4n) is 9.39. The first-order valence-electron chi connectivity index (χ1n) is 19.9. The van der Waals surface area contributed by atoms with Crippen LogP contribution in [0, 0.1) is 0 Å². The van der Waals surface area contributed by atoms with Crippen molar-refractivity contribution < 1.29 is 0 Å². The molecular formula is C55H40N2. The SMILES string of the molecule is CC1(C)c2ccccc2-c2ccc(N(c3cc(-c4ccc5ccccc5c4)ccc3-c3ccccc3)c3ccccc3-n3c4ccccc4c4ccccc43)cc21. The van der Waals surface area contributed by atoms with Gasteiger partial charge in [0.1, 0.15) is 0 Å². The zero-order chi connectivity index (χ0) is 38.1. The predicted molar refractivity (Wildman–Crippen MR) is 241 cm³/mol. The second kappa shape index (κ2) is 13.0. The Kier molecular flexibility index (Phi) is 7.55. The molecule has 0 unspecified atom stereocenters. The minimum Gasteiger partial charge on any atom is -0.308 e. The van der Waals surface area contributed by atoms with Crippen LogP contribution in [0.2, 0.25) is 0 Å².